The van der Waals surface area contributed by atoms with Gasteiger partial charge in [-0.15, -0.1) is 0 Å². The van der Waals surface area contributed by atoms with Crippen molar-refractivity contribution in [3.8, 4) is 45.8 Å². The molecule has 2 aromatic heterocycles. The zero-order chi connectivity index (χ0) is 43.2. The molecular formula is C61H40N4. The van der Waals surface area contributed by atoms with Crippen LogP contribution >= 0.6 is 0 Å². The van der Waals surface area contributed by atoms with E-state index in [4.69, 9.17) is 0 Å². The molecule has 0 aliphatic heterocycles. The summed E-state index contributed by atoms with van der Waals surface area (Å²) in [7, 11) is 0. The summed E-state index contributed by atoms with van der Waals surface area (Å²) in [6.07, 6.45) is 2.12. The molecule has 0 radical (unpaired) electrons. The lowest BCUT2D eigenvalue weighted by Crippen LogP contribution is -2.23. The third kappa shape index (κ3) is 5.42. The van der Waals surface area contributed by atoms with Crippen LogP contribution in [-0.2, 0) is 19.3 Å². The van der Waals surface area contributed by atoms with Crippen LogP contribution in [0.15, 0.2) is 194 Å². The minimum Gasteiger partial charge on any atom is -0.306 e. The molecule has 4 nitrogen and oxygen atoms in total. The Hall–Kier alpha value is -8.44. The molecule has 4 heteroatoms. The lowest BCUT2D eigenvalue weighted by atomic mass is 9.69. The Bertz CT molecular complexity index is 3710. The van der Waals surface area contributed by atoms with Crippen LogP contribution in [0.25, 0.3) is 77.2 Å². The number of rotatable bonds is 4. The van der Waals surface area contributed by atoms with Gasteiger partial charge in [-0.3, -0.25) is 0 Å². The van der Waals surface area contributed by atoms with E-state index in [0.717, 1.165) is 66.1 Å². The molecule has 304 valence electrons. The zero-order valence-corrected chi connectivity index (χ0v) is 35.5. The van der Waals surface area contributed by atoms with Gasteiger partial charge < -0.3 is 9.13 Å². The first kappa shape index (κ1) is 37.1. The molecule has 9 aromatic carbocycles. The molecular weight excluding hydrogens is 789 g/mol. The molecule has 0 amide bonds. The average Bonchev–Trinajstić information content (AvgIpc) is 3.81. The minimum atomic E-state index is -0.217. The number of fused-ring (bicyclic) bond motifs is 12. The van der Waals surface area contributed by atoms with E-state index in [1.165, 1.54) is 44.5 Å². The molecule has 2 aliphatic rings. The van der Waals surface area contributed by atoms with Gasteiger partial charge in [0, 0.05) is 27.5 Å². The van der Waals surface area contributed by atoms with Crippen molar-refractivity contribution >= 4 is 43.6 Å². The summed E-state index contributed by atoms with van der Waals surface area (Å²) in [4.78, 5) is 0. The van der Waals surface area contributed by atoms with Gasteiger partial charge >= 0.3 is 0 Å². The molecule has 13 rings (SSSR count). The van der Waals surface area contributed by atoms with Gasteiger partial charge in [0.2, 0.25) is 0 Å². The number of benzene rings is 9. The minimum absolute atomic E-state index is 0.139. The molecule has 0 saturated carbocycles. The van der Waals surface area contributed by atoms with Crippen molar-refractivity contribution in [3.63, 3.8) is 0 Å². The summed E-state index contributed by atoms with van der Waals surface area (Å²) >= 11 is 0. The smallest absolute Gasteiger partial charge is 0.102 e. The molecule has 2 heterocycles. The van der Waals surface area contributed by atoms with Crippen LogP contribution < -0.4 is 0 Å². The van der Waals surface area contributed by atoms with Crippen LogP contribution in [0.2, 0.25) is 0 Å². The van der Waals surface area contributed by atoms with E-state index in [1.807, 2.05) is 0 Å². The fourth-order valence-electron chi connectivity index (χ4n) is 11.9. The molecule has 65 heavy (non-hydrogen) atoms. The summed E-state index contributed by atoms with van der Waals surface area (Å²) in [5.41, 5.74) is 18.3. The van der Waals surface area contributed by atoms with Crippen molar-refractivity contribution in [1.82, 2.24) is 9.13 Å². The molecule has 1 unspecified atom stereocenters. The highest BCUT2D eigenvalue weighted by Crippen LogP contribution is 2.52. The second-order valence-corrected chi connectivity index (χ2v) is 17.7. The fraction of sp³-hybridized carbons (Fsp3) is 0.0820. The van der Waals surface area contributed by atoms with Crippen molar-refractivity contribution in [3.05, 3.63) is 239 Å². The lowest BCUT2D eigenvalue weighted by molar-refractivity contribution is 0.660. The van der Waals surface area contributed by atoms with Gasteiger partial charge in [-0.1, -0.05) is 170 Å². The zero-order valence-electron chi connectivity index (χ0n) is 35.5. The highest BCUT2D eigenvalue weighted by atomic mass is 15.1. The third-order valence-electron chi connectivity index (χ3n) is 14.4. The molecule has 0 saturated heterocycles. The lowest BCUT2D eigenvalue weighted by Gasteiger charge is -2.34. The predicted molar refractivity (Wildman–Crippen MR) is 264 cm³/mol. The van der Waals surface area contributed by atoms with E-state index in [-0.39, 0.29) is 11.8 Å². The van der Waals surface area contributed by atoms with Crippen LogP contribution in [0.5, 0.6) is 0 Å². The summed E-state index contributed by atoms with van der Waals surface area (Å²) in [6.45, 7) is 0. The molecule has 0 fully saturated rings. The SMILES string of the molecule is N#Cc1c(C2Cc3ccccc3-c3ccccc3C2)c(C2Cc3ccccc3-c3ccccc32)c(C#N)c(-n2c3ccccc3c3ccccc32)c1-n1c2ccccc2c2ccccc21. The maximum Gasteiger partial charge on any atom is 0.102 e. The predicted octanol–water partition coefficient (Wildman–Crippen LogP) is 14.5. The Kier molecular flexibility index (Phi) is 8.32. The standard InChI is InChI=1S/C61H40N4/c62-36-52-58(41-33-38-17-1-4-20-42(38)43-21-5-2-18-39(43)34-41)59(51-35-40-19-3-6-22-44(40)45-23-7-8-24-46(45)51)53(37-63)61(65-56-31-15-11-27-49(56)50-28-12-16-32-57(50)65)60(52)64-54-29-13-9-25-47(54)48-26-10-14-30-55(48)64/h1-32,41,51H,33-35H2. The number of hydrogen-bond donors (Lipinski definition) is 0. The van der Waals surface area contributed by atoms with Crippen LogP contribution in [0.3, 0.4) is 0 Å². The normalized spacial score (nSPS) is 14.3. The second-order valence-electron chi connectivity index (χ2n) is 17.7. The van der Waals surface area contributed by atoms with E-state index in [1.54, 1.807) is 0 Å². The van der Waals surface area contributed by atoms with E-state index in [0.29, 0.717) is 30.4 Å². The highest BCUT2D eigenvalue weighted by molar-refractivity contribution is 6.12. The molecule has 1 atom stereocenters. The Morgan fingerprint density at radius 3 is 1.14 bits per heavy atom. The van der Waals surface area contributed by atoms with E-state index in [2.05, 4.69) is 215 Å². The first-order chi connectivity index (χ1) is 32.2. The quantitative estimate of drug-likeness (QED) is 0.177. The first-order valence-electron chi connectivity index (χ1n) is 22.6. The fourth-order valence-corrected chi connectivity index (χ4v) is 11.9. The van der Waals surface area contributed by atoms with E-state index < -0.39 is 0 Å². The van der Waals surface area contributed by atoms with Gasteiger partial charge in [-0.25, -0.2) is 0 Å². The monoisotopic (exact) mass is 828 g/mol. The van der Waals surface area contributed by atoms with Crippen LogP contribution in [0.1, 0.15) is 56.3 Å². The Morgan fingerprint density at radius 1 is 0.354 bits per heavy atom. The van der Waals surface area contributed by atoms with Crippen molar-refractivity contribution in [2.45, 2.75) is 31.1 Å². The summed E-state index contributed by atoms with van der Waals surface area (Å²) in [5.74, 6) is -0.356. The number of hydrogen-bond acceptors (Lipinski definition) is 2. The van der Waals surface area contributed by atoms with Crippen molar-refractivity contribution in [1.29, 1.82) is 10.5 Å². The van der Waals surface area contributed by atoms with E-state index >= 15 is 0 Å². The van der Waals surface area contributed by atoms with Gasteiger partial charge in [-0.05, 0) is 105 Å². The van der Waals surface area contributed by atoms with Crippen molar-refractivity contribution in [2.24, 2.45) is 0 Å². The highest BCUT2D eigenvalue weighted by Gasteiger charge is 2.39. The Balaban J connectivity index is 1.26. The molecule has 11 aromatic rings. The molecule has 2 aliphatic carbocycles. The first-order valence-corrected chi connectivity index (χ1v) is 22.6. The molecule has 0 N–H and O–H groups in total. The van der Waals surface area contributed by atoms with Crippen LogP contribution in [0, 0.1) is 22.7 Å². The van der Waals surface area contributed by atoms with Gasteiger partial charge in [0.15, 0.2) is 0 Å². The average molecular weight is 829 g/mol. The Labute approximate surface area is 377 Å². The van der Waals surface area contributed by atoms with Crippen LogP contribution in [-0.4, -0.2) is 9.13 Å². The maximum absolute atomic E-state index is 12.4. The van der Waals surface area contributed by atoms with Crippen molar-refractivity contribution < 1.29 is 0 Å². The van der Waals surface area contributed by atoms with E-state index in [9.17, 15) is 10.5 Å². The molecule has 0 spiro atoms. The summed E-state index contributed by atoms with van der Waals surface area (Å²) in [5, 5.41) is 29.1. The van der Waals surface area contributed by atoms with Gasteiger partial charge in [-0.2, -0.15) is 10.5 Å². The second kappa shape index (κ2) is 14.6. The Morgan fingerprint density at radius 2 is 0.692 bits per heavy atom. The topological polar surface area (TPSA) is 57.4 Å². The number of aromatic nitrogens is 2. The van der Waals surface area contributed by atoms with Gasteiger partial charge in [0.25, 0.3) is 0 Å². The van der Waals surface area contributed by atoms with Gasteiger partial charge in [0.05, 0.1) is 44.6 Å². The maximum atomic E-state index is 12.4. The van der Waals surface area contributed by atoms with Crippen molar-refractivity contribution in [2.75, 3.05) is 0 Å². The van der Waals surface area contributed by atoms with Gasteiger partial charge in [0.1, 0.15) is 12.1 Å². The number of nitrogens with zero attached hydrogens (tertiary/aromatic N) is 4. The molecule has 0 bridgehead atoms. The van der Waals surface area contributed by atoms with Crippen LogP contribution in [0.4, 0.5) is 0 Å². The number of para-hydroxylation sites is 4. The largest absolute Gasteiger partial charge is 0.306 e. The number of nitriles is 2. The summed E-state index contributed by atoms with van der Waals surface area (Å²) in [6, 6.07) is 75.0. The summed E-state index contributed by atoms with van der Waals surface area (Å²) < 4.78 is 4.61. The third-order valence-corrected chi connectivity index (χ3v) is 14.4.